The molecule has 0 atom stereocenters. The fourth-order valence-corrected chi connectivity index (χ4v) is 1.55. The Labute approximate surface area is 72.5 Å². The number of guanidine groups is 1. The van der Waals surface area contributed by atoms with Crippen molar-refractivity contribution in [2.24, 2.45) is 4.99 Å². The molecule has 0 saturated heterocycles. The van der Waals surface area contributed by atoms with Gasteiger partial charge in [-0.1, -0.05) is 0 Å². The fourth-order valence-electron chi connectivity index (χ4n) is 0.995. The maximum Gasteiger partial charge on any atom is 0.232 e. The minimum Gasteiger partial charge on any atom is -0.345 e. The Kier molecular flexibility index (Phi) is 2.56. The van der Waals surface area contributed by atoms with Gasteiger partial charge in [-0.25, -0.2) is 8.42 Å². The Morgan fingerprint density at radius 1 is 1.58 bits per heavy atom. The predicted octanol–water partition coefficient (Wildman–Crippen LogP) is -0.773. The zero-order valence-electron chi connectivity index (χ0n) is 7.24. The minimum absolute atomic E-state index is 0.448. The molecule has 0 unspecified atom stereocenters. The molecule has 0 aromatic rings. The number of aliphatic imine (C=N–C) groups is 1. The summed E-state index contributed by atoms with van der Waals surface area (Å²) in [5.74, 6) is 0.448. The first kappa shape index (κ1) is 9.31. The zero-order valence-corrected chi connectivity index (χ0v) is 8.06. The van der Waals surface area contributed by atoms with E-state index < -0.39 is 10.0 Å². The van der Waals surface area contributed by atoms with Crippen molar-refractivity contribution < 1.29 is 8.42 Å². The lowest BCUT2D eigenvalue weighted by atomic mass is 10.4. The van der Waals surface area contributed by atoms with E-state index in [-0.39, 0.29) is 0 Å². The maximum absolute atomic E-state index is 10.8. The van der Waals surface area contributed by atoms with Gasteiger partial charge < -0.3 is 4.90 Å². The largest absolute Gasteiger partial charge is 0.345 e. The van der Waals surface area contributed by atoms with E-state index >= 15 is 0 Å². The van der Waals surface area contributed by atoms with E-state index in [0.717, 1.165) is 19.2 Å². The van der Waals surface area contributed by atoms with Crippen LogP contribution in [0.25, 0.3) is 0 Å². The number of rotatable bonds is 1. The fraction of sp³-hybridized carbons (Fsp3) is 0.833. The molecule has 1 aliphatic rings. The molecule has 0 bridgehead atoms. The van der Waals surface area contributed by atoms with Crippen molar-refractivity contribution in [1.82, 2.24) is 9.62 Å². The number of hydrogen-bond donors (Lipinski definition) is 1. The zero-order chi connectivity index (χ0) is 9.19. The molecule has 0 aliphatic carbocycles. The Hall–Kier alpha value is -0.780. The summed E-state index contributed by atoms with van der Waals surface area (Å²) in [6, 6.07) is 0. The topological polar surface area (TPSA) is 61.8 Å². The van der Waals surface area contributed by atoms with Gasteiger partial charge in [0.1, 0.15) is 0 Å². The van der Waals surface area contributed by atoms with Gasteiger partial charge in [-0.3, -0.25) is 9.71 Å². The SMILES string of the molecule is CN1CCCN=C1NS(C)(=O)=O. The van der Waals surface area contributed by atoms with Crippen LogP contribution in [0.1, 0.15) is 6.42 Å². The maximum atomic E-state index is 10.8. The van der Waals surface area contributed by atoms with Crippen molar-refractivity contribution in [2.75, 3.05) is 26.4 Å². The lowest BCUT2D eigenvalue weighted by Crippen LogP contribution is -2.44. The summed E-state index contributed by atoms with van der Waals surface area (Å²) in [5.41, 5.74) is 0. The molecule has 1 N–H and O–H groups in total. The predicted molar refractivity (Wildman–Crippen MR) is 47.5 cm³/mol. The Bertz CT molecular complexity index is 283. The molecule has 0 aromatic carbocycles. The van der Waals surface area contributed by atoms with Crippen LogP contribution in [0.5, 0.6) is 0 Å². The van der Waals surface area contributed by atoms with E-state index in [1.807, 2.05) is 7.05 Å². The van der Waals surface area contributed by atoms with Gasteiger partial charge in [0.05, 0.1) is 6.26 Å². The van der Waals surface area contributed by atoms with Crippen LogP contribution in [-0.4, -0.2) is 45.7 Å². The Morgan fingerprint density at radius 2 is 2.25 bits per heavy atom. The second-order valence-corrected chi connectivity index (χ2v) is 4.60. The molecule has 0 saturated carbocycles. The van der Waals surface area contributed by atoms with Crippen LogP contribution < -0.4 is 4.72 Å². The smallest absolute Gasteiger partial charge is 0.232 e. The second-order valence-electron chi connectivity index (χ2n) is 2.85. The molecule has 0 fully saturated rings. The van der Waals surface area contributed by atoms with Gasteiger partial charge >= 0.3 is 0 Å². The highest BCUT2D eigenvalue weighted by Gasteiger charge is 2.13. The second kappa shape index (κ2) is 3.30. The van der Waals surface area contributed by atoms with Crippen molar-refractivity contribution in [3.05, 3.63) is 0 Å². The van der Waals surface area contributed by atoms with E-state index in [1.165, 1.54) is 0 Å². The monoisotopic (exact) mass is 191 g/mol. The van der Waals surface area contributed by atoms with E-state index in [2.05, 4.69) is 9.71 Å². The Morgan fingerprint density at radius 3 is 2.75 bits per heavy atom. The standard InChI is InChI=1S/C6H13N3O2S/c1-9-5-3-4-7-6(9)8-12(2,10)11/h3-5H2,1-2H3,(H,7,8). The van der Waals surface area contributed by atoms with Crippen LogP contribution in [0.3, 0.4) is 0 Å². The first-order valence-corrected chi connectivity index (χ1v) is 5.61. The molecule has 70 valence electrons. The molecule has 0 spiro atoms. The molecule has 0 aromatic heterocycles. The summed E-state index contributed by atoms with van der Waals surface area (Å²) in [6.45, 7) is 1.55. The number of nitrogens with zero attached hydrogens (tertiary/aromatic N) is 2. The molecule has 5 nitrogen and oxygen atoms in total. The highest BCUT2D eigenvalue weighted by molar-refractivity contribution is 7.89. The lowest BCUT2D eigenvalue weighted by Gasteiger charge is -2.24. The normalized spacial score (nSPS) is 18.8. The third kappa shape index (κ3) is 2.69. The van der Waals surface area contributed by atoms with Crippen LogP contribution in [-0.2, 0) is 10.0 Å². The van der Waals surface area contributed by atoms with Crippen molar-refractivity contribution in [3.8, 4) is 0 Å². The van der Waals surface area contributed by atoms with Crippen molar-refractivity contribution in [3.63, 3.8) is 0 Å². The molecule has 0 amide bonds. The first-order valence-electron chi connectivity index (χ1n) is 3.72. The summed E-state index contributed by atoms with van der Waals surface area (Å²) in [5, 5.41) is 0. The third-order valence-corrected chi connectivity index (χ3v) is 2.10. The van der Waals surface area contributed by atoms with E-state index in [4.69, 9.17) is 0 Å². The van der Waals surface area contributed by atoms with Crippen LogP contribution in [0.4, 0.5) is 0 Å². The summed E-state index contributed by atoms with van der Waals surface area (Å²) in [7, 11) is -1.36. The van der Waals surface area contributed by atoms with Crippen molar-refractivity contribution in [2.45, 2.75) is 6.42 Å². The van der Waals surface area contributed by atoms with Crippen LogP contribution in [0, 0.1) is 0 Å². The van der Waals surface area contributed by atoms with E-state index in [0.29, 0.717) is 12.5 Å². The number of nitrogens with one attached hydrogen (secondary N) is 1. The minimum atomic E-state index is -3.18. The van der Waals surface area contributed by atoms with Crippen molar-refractivity contribution >= 4 is 16.0 Å². The summed E-state index contributed by atoms with van der Waals surface area (Å²) in [4.78, 5) is 5.84. The van der Waals surface area contributed by atoms with Gasteiger partial charge in [0.25, 0.3) is 0 Å². The molecule has 1 heterocycles. The highest BCUT2D eigenvalue weighted by Crippen LogP contribution is 1.98. The van der Waals surface area contributed by atoms with Gasteiger partial charge in [0.2, 0.25) is 16.0 Å². The van der Waals surface area contributed by atoms with Gasteiger partial charge in [-0.05, 0) is 6.42 Å². The average molecular weight is 191 g/mol. The number of hydrogen-bond acceptors (Lipinski definition) is 4. The van der Waals surface area contributed by atoms with Gasteiger partial charge in [0, 0.05) is 20.1 Å². The van der Waals surface area contributed by atoms with Crippen LogP contribution >= 0.6 is 0 Å². The van der Waals surface area contributed by atoms with Crippen LogP contribution in [0.2, 0.25) is 0 Å². The molecular weight excluding hydrogens is 178 g/mol. The molecule has 12 heavy (non-hydrogen) atoms. The van der Waals surface area contributed by atoms with E-state index in [1.54, 1.807) is 4.90 Å². The number of sulfonamides is 1. The van der Waals surface area contributed by atoms with Gasteiger partial charge in [-0.15, -0.1) is 0 Å². The average Bonchev–Trinajstić information content (AvgIpc) is 1.91. The molecule has 1 rings (SSSR count). The molecule has 1 aliphatic heterocycles. The quantitative estimate of drug-likeness (QED) is 0.592. The molecular formula is C6H13N3O2S. The highest BCUT2D eigenvalue weighted by atomic mass is 32.2. The van der Waals surface area contributed by atoms with Crippen molar-refractivity contribution in [1.29, 1.82) is 0 Å². The molecule has 6 heteroatoms. The van der Waals surface area contributed by atoms with Gasteiger partial charge in [-0.2, -0.15) is 0 Å². The summed E-state index contributed by atoms with van der Waals surface area (Å²) >= 11 is 0. The summed E-state index contributed by atoms with van der Waals surface area (Å²) in [6.07, 6.45) is 2.10. The summed E-state index contributed by atoms with van der Waals surface area (Å²) < 4.78 is 24.0. The Balaban J connectivity index is 2.68. The van der Waals surface area contributed by atoms with Gasteiger partial charge in [0.15, 0.2) is 0 Å². The first-order chi connectivity index (χ1) is 5.49. The third-order valence-electron chi connectivity index (χ3n) is 1.55. The van der Waals surface area contributed by atoms with E-state index in [9.17, 15) is 8.42 Å². The van der Waals surface area contributed by atoms with Crippen LogP contribution in [0.15, 0.2) is 4.99 Å². The molecule has 0 radical (unpaired) electrons. The lowest BCUT2D eigenvalue weighted by molar-refractivity contribution is 0.455.